The lowest BCUT2D eigenvalue weighted by molar-refractivity contribution is -0.149. The number of hydrogen-bond donors (Lipinski definition) is 4. The Morgan fingerprint density at radius 2 is 1.97 bits per heavy atom. The molecule has 2 heterocycles. The van der Waals surface area contributed by atoms with Gasteiger partial charge in [-0.25, -0.2) is 9.88 Å². The Balaban J connectivity index is 1.56. The molecule has 0 saturated carbocycles. The fourth-order valence-electron chi connectivity index (χ4n) is 4.03. The zero-order chi connectivity index (χ0) is 27.7. The highest BCUT2D eigenvalue weighted by Gasteiger charge is 2.60. The average molecular weight is 568 g/mol. The summed E-state index contributed by atoms with van der Waals surface area (Å²) in [6.07, 6.45) is -1.04. The number of aromatic amines is 1. The van der Waals surface area contributed by atoms with E-state index in [4.69, 9.17) is 30.3 Å². The highest BCUT2D eigenvalue weighted by atomic mass is 32.5. The van der Waals surface area contributed by atoms with Gasteiger partial charge in [0.1, 0.15) is 24.0 Å². The number of carbonyl (C=O) groups is 1. The molecule has 14 heteroatoms. The second-order valence-electron chi connectivity index (χ2n) is 9.28. The summed E-state index contributed by atoms with van der Waals surface area (Å²) in [4.78, 5) is 38.5. The van der Waals surface area contributed by atoms with Crippen LogP contribution < -0.4 is 20.9 Å². The van der Waals surface area contributed by atoms with Gasteiger partial charge < -0.3 is 28.7 Å². The number of aromatic nitrogens is 2. The summed E-state index contributed by atoms with van der Waals surface area (Å²) >= 11 is 5.69. The third-order valence-corrected chi connectivity index (χ3v) is 8.44. The lowest BCUT2D eigenvalue weighted by Gasteiger charge is -2.30. The number of allylic oxidation sites excluding steroid dienone is 1. The van der Waals surface area contributed by atoms with E-state index in [0.29, 0.717) is 17.7 Å². The van der Waals surface area contributed by atoms with E-state index < -0.39 is 53.9 Å². The SMILES string of the molecule is CC(C)OC(=O)C(C)NP(=S)(OC[C@H]1O[C@@H](n2ccc(=O)[nH]c2=O)[C@@](O)(C2=CC2)[C@@H]1O)Oc1ccccc1. The Bertz CT molecular complexity index is 1360. The summed E-state index contributed by atoms with van der Waals surface area (Å²) in [6, 6.07) is 8.83. The molecule has 1 aliphatic carbocycles. The van der Waals surface area contributed by atoms with Gasteiger partial charge in [-0.1, -0.05) is 24.3 Å². The van der Waals surface area contributed by atoms with Gasteiger partial charge in [0.25, 0.3) is 5.56 Å². The number of aliphatic hydroxyl groups excluding tert-OH is 1. The Hall–Kier alpha value is -2.64. The van der Waals surface area contributed by atoms with Gasteiger partial charge in [-0.3, -0.25) is 19.1 Å². The van der Waals surface area contributed by atoms with E-state index >= 15 is 0 Å². The van der Waals surface area contributed by atoms with E-state index in [-0.39, 0.29) is 12.7 Å². The van der Waals surface area contributed by atoms with Crippen molar-refractivity contribution in [3.63, 3.8) is 0 Å². The number of nitrogens with zero attached hydrogens (tertiary/aromatic N) is 1. The maximum atomic E-state index is 12.5. The Morgan fingerprint density at radius 3 is 2.58 bits per heavy atom. The first kappa shape index (κ1) is 28.4. The lowest BCUT2D eigenvalue weighted by Crippen LogP contribution is -2.49. The van der Waals surface area contributed by atoms with Gasteiger partial charge in [0.2, 0.25) is 0 Å². The lowest BCUT2D eigenvalue weighted by atomic mass is 9.91. The van der Waals surface area contributed by atoms with E-state index in [1.165, 1.54) is 6.20 Å². The van der Waals surface area contributed by atoms with Gasteiger partial charge in [0.15, 0.2) is 11.8 Å². The summed E-state index contributed by atoms with van der Waals surface area (Å²) in [5.74, 6) is -0.169. The number of rotatable bonds is 11. The Morgan fingerprint density at radius 1 is 1.29 bits per heavy atom. The molecule has 1 aromatic carbocycles. The largest absolute Gasteiger partial charge is 0.462 e. The molecule has 0 bridgehead atoms. The van der Waals surface area contributed by atoms with Crippen LogP contribution in [-0.4, -0.2) is 62.3 Å². The van der Waals surface area contributed by atoms with Crippen molar-refractivity contribution in [2.24, 2.45) is 0 Å². The summed E-state index contributed by atoms with van der Waals surface area (Å²) < 4.78 is 24.1. The minimum absolute atomic E-state index is 0.342. The van der Waals surface area contributed by atoms with Crippen LogP contribution in [0, 0.1) is 0 Å². The summed E-state index contributed by atoms with van der Waals surface area (Å²) in [5, 5.41) is 25.5. The van der Waals surface area contributed by atoms with Crippen LogP contribution in [0.1, 0.15) is 33.4 Å². The fourth-order valence-corrected chi connectivity index (χ4v) is 6.44. The number of benzene rings is 1. The molecule has 0 radical (unpaired) electrons. The number of ether oxygens (including phenoxy) is 2. The third kappa shape index (κ3) is 6.15. The molecule has 0 amide bonds. The first-order chi connectivity index (χ1) is 17.9. The van der Waals surface area contributed by atoms with Crippen LogP contribution in [0.5, 0.6) is 5.75 Å². The number of aliphatic hydroxyl groups is 2. The minimum atomic E-state index is -3.45. The van der Waals surface area contributed by atoms with E-state index in [0.717, 1.165) is 10.6 Å². The van der Waals surface area contributed by atoms with E-state index in [2.05, 4.69) is 10.1 Å². The highest BCUT2D eigenvalue weighted by Crippen LogP contribution is 2.50. The molecule has 1 fully saturated rings. The summed E-state index contributed by atoms with van der Waals surface area (Å²) in [7, 11) is 0. The van der Waals surface area contributed by atoms with Gasteiger partial charge in [-0.2, -0.15) is 0 Å². The topological polar surface area (TPSA) is 161 Å². The predicted molar refractivity (Wildman–Crippen MR) is 140 cm³/mol. The summed E-state index contributed by atoms with van der Waals surface area (Å²) in [6.45, 7) is 1.19. The van der Waals surface area contributed by atoms with Gasteiger partial charge >= 0.3 is 18.3 Å². The Labute approximate surface area is 223 Å². The first-order valence-electron chi connectivity index (χ1n) is 12.0. The highest BCUT2D eigenvalue weighted by molar-refractivity contribution is 8.09. The van der Waals surface area contributed by atoms with Crippen LogP contribution in [0.2, 0.25) is 0 Å². The fraction of sp³-hybridized carbons (Fsp3) is 0.458. The predicted octanol–water partition coefficient (Wildman–Crippen LogP) is 1.11. The third-order valence-electron chi connectivity index (χ3n) is 5.94. The maximum absolute atomic E-state index is 12.5. The van der Waals surface area contributed by atoms with E-state index in [9.17, 15) is 24.6 Å². The number of carbonyl (C=O) groups excluding carboxylic acids is 1. The monoisotopic (exact) mass is 567 g/mol. The van der Waals surface area contributed by atoms with Crippen molar-refractivity contribution in [1.82, 2.24) is 14.6 Å². The van der Waals surface area contributed by atoms with Crippen LogP contribution in [0.15, 0.2) is 63.8 Å². The van der Waals surface area contributed by atoms with Crippen LogP contribution in [-0.2, 0) is 30.6 Å². The number of H-pyrrole nitrogens is 1. The molecular formula is C24H30N3O9PS. The Kier molecular flexibility index (Phi) is 8.38. The molecule has 1 aromatic heterocycles. The zero-order valence-corrected chi connectivity index (χ0v) is 22.7. The quantitative estimate of drug-likeness (QED) is 0.175. The summed E-state index contributed by atoms with van der Waals surface area (Å²) in [5.41, 5.74) is -2.89. The maximum Gasteiger partial charge on any atom is 0.330 e. The molecule has 206 valence electrons. The number of para-hydroxylation sites is 1. The van der Waals surface area contributed by atoms with Crippen LogP contribution in [0.4, 0.5) is 0 Å². The molecule has 4 N–H and O–H groups in total. The van der Waals surface area contributed by atoms with Crippen LogP contribution >= 0.6 is 6.64 Å². The molecule has 38 heavy (non-hydrogen) atoms. The molecule has 2 aromatic rings. The van der Waals surface area contributed by atoms with Crippen molar-refractivity contribution < 1.29 is 33.5 Å². The molecule has 1 aliphatic heterocycles. The van der Waals surface area contributed by atoms with Crippen molar-refractivity contribution in [1.29, 1.82) is 0 Å². The van der Waals surface area contributed by atoms with Crippen molar-refractivity contribution in [2.45, 2.75) is 63.4 Å². The van der Waals surface area contributed by atoms with Crippen LogP contribution in [0.3, 0.4) is 0 Å². The molecule has 2 aliphatic rings. The molecule has 2 unspecified atom stereocenters. The zero-order valence-electron chi connectivity index (χ0n) is 21.0. The van der Waals surface area contributed by atoms with Gasteiger partial charge in [-0.05, 0) is 56.7 Å². The minimum Gasteiger partial charge on any atom is -0.462 e. The second-order valence-corrected chi connectivity index (χ2v) is 12.4. The van der Waals surface area contributed by atoms with Crippen molar-refractivity contribution in [3.8, 4) is 5.75 Å². The molecular weight excluding hydrogens is 537 g/mol. The number of esters is 1. The van der Waals surface area contributed by atoms with Gasteiger partial charge in [-0.15, -0.1) is 0 Å². The van der Waals surface area contributed by atoms with E-state index in [1.54, 1.807) is 57.2 Å². The first-order valence-corrected chi connectivity index (χ1v) is 14.6. The van der Waals surface area contributed by atoms with Crippen molar-refractivity contribution in [2.75, 3.05) is 6.61 Å². The average Bonchev–Trinajstić information content (AvgIpc) is 3.67. The van der Waals surface area contributed by atoms with Gasteiger partial charge in [0, 0.05) is 12.3 Å². The molecule has 0 spiro atoms. The van der Waals surface area contributed by atoms with Crippen molar-refractivity contribution >= 4 is 24.4 Å². The molecule has 1 saturated heterocycles. The second kappa shape index (κ2) is 11.2. The van der Waals surface area contributed by atoms with Crippen LogP contribution in [0.25, 0.3) is 0 Å². The normalized spacial score (nSPS) is 26.9. The molecule has 6 atom stereocenters. The standard InChI is InChI=1S/C24H30N3O9PS/c1-14(2)34-21(30)15(3)26-37(38,36-17-7-5-4-6-8-17)33-13-18-20(29)24(32,16-9-10-16)22(35-18)27-12-11-19(28)25-23(27)31/h4-9,11-12,14-15,18,20,22,29,32H,10,13H2,1-3H3,(H,26,38)(H,25,28,31)/t15?,18-,20-,22-,24-,37?/m1/s1. The van der Waals surface area contributed by atoms with Gasteiger partial charge in [0.05, 0.1) is 12.7 Å². The van der Waals surface area contributed by atoms with E-state index in [1.807, 2.05) is 0 Å². The molecule has 12 nitrogen and oxygen atoms in total. The number of hydrogen-bond acceptors (Lipinski definition) is 10. The van der Waals surface area contributed by atoms with Crippen molar-refractivity contribution in [3.05, 3.63) is 75.1 Å². The number of nitrogens with one attached hydrogen (secondary N) is 2. The molecule has 4 rings (SSSR count). The smallest absolute Gasteiger partial charge is 0.330 e.